The lowest BCUT2D eigenvalue weighted by Crippen LogP contribution is -2.30. The lowest BCUT2D eigenvalue weighted by Gasteiger charge is -2.03. The summed E-state index contributed by atoms with van der Waals surface area (Å²) in [6.45, 7) is 0. The number of carbonyl (C=O) groups excluding carboxylic acids is 1. The van der Waals surface area contributed by atoms with Crippen molar-refractivity contribution in [2.24, 2.45) is 5.73 Å². The van der Waals surface area contributed by atoms with Crippen molar-refractivity contribution in [1.29, 1.82) is 0 Å². The molecule has 0 saturated heterocycles. The largest absolute Gasteiger partial charge is 0.480 e. The Bertz CT molecular complexity index is 172. The van der Waals surface area contributed by atoms with Crippen LogP contribution in [0.3, 0.4) is 0 Å². The van der Waals surface area contributed by atoms with Gasteiger partial charge in [-0.15, -0.1) is 0 Å². The molecule has 0 aromatic rings. The van der Waals surface area contributed by atoms with Crippen LogP contribution in [0.4, 0.5) is 0 Å². The Balaban J connectivity index is 3.54. The number of carbonyl (C=O) groups is 2. The highest BCUT2D eigenvalue weighted by atomic mass is 32.1. The van der Waals surface area contributed by atoms with E-state index in [0.717, 1.165) is 0 Å². The van der Waals surface area contributed by atoms with Crippen LogP contribution in [-0.2, 0) is 9.59 Å². The Morgan fingerprint density at radius 2 is 2.00 bits per heavy atom. The van der Waals surface area contributed by atoms with Crippen molar-refractivity contribution in [3.05, 3.63) is 0 Å². The van der Waals surface area contributed by atoms with E-state index < -0.39 is 12.0 Å². The maximum absolute atomic E-state index is 10.9. The molecule has 0 aliphatic carbocycles. The van der Waals surface area contributed by atoms with Crippen LogP contribution < -0.4 is 5.73 Å². The molecule has 0 heterocycles. The Kier molecular flexibility index (Phi) is 5.74. The van der Waals surface area contributed by atoms with Crippen LogP contribution in [0.5, 0.6) is 0 Å². The lowest BCUT2D eigenvalue weighted by atomic mass is 10.1. The van der Waals surface area contributed by atoms with Gasteiger partial charge < -0.3 is 10.8 Å². The summed E-state index contributed by atoms with van der Waals surface area (Å²) in [4.78, 5) is 21.1. The topological polar surface area (TPSA) is 80.4 Å². The van der Waals surface area contributed by atoms with E-state index in [2.05, 4.69) is 12.6 Å². The Morgan fingerprint density at radius 1 is 1.42 bits per heavy atom. The Hall–Kier alpha value is -0.550. The molecule has 0 radical (unpaired) electrons. The van der Waals surface area contributed by atoms with E-state index in [9.17, 15) is 9.59 Å². The summed E-state index contributed by atoms with van der Waals surface area (Å²) in [5, 5.41) is 8.37. The average Bonchev–Trinajstić information content (AvgIpc) is 2.00. The van der Waals surface area contributed by atoms with Crippen molar-refractivity contribution < 1.29 is 14.7 Å². The van der Waals surface area contributed by atoms with E-state index in [1.165, 1.54) is 0 Å². The maximum atomic E-state index is 10.9. The van der Waals surface area contributed by atoms with Crippen LogP contribution in [-0.4, -0.2) is 28.7 Å². The molecule has 0 bridgehead atoms. The molecule has 0 aromatic carbocycles. The molecule has 3 N–H and O–H groups in total. The first-order valence-corrected chi connectivity index (χ1v) is 4.32. The first-order chi connectivity index (χ1) is 5.57. The highest BCUT2D eigenvalue weighted by molar-refractivity contribution is 7.80. The van der Waals surface area contributed by atoms with E-state index in [0.29, 0.717) is 12.2 Å². The Labute approximate surface area is 76.5 Å². The summed E-state index contributed by atoms with van der Waals surface area (Å²) in [7, 11) is 0. The molecule has 0 saturated carbocycles. The van der Waals surface area contributed by atoms with Gasteiger partial charge in [-0.05, 0) is 12.2 Å². The van der Waals surface area contributed by atoms with E-state index in [1.807, 2.05) is 0 Å². The summed E-state index contributed by atoms with van der Waals surface area (Å²) >= 11 is 3.88. The molecule has 0 rings (SSSR count). The Morgan fingerprint density at radius 3 is 2.42 bits per heavy atom. The van der Waals surface area contributed by atoms with Gasteiger partial charge in [-0.3, -0.25) is 9.59 Å². The highest BCUT2D eigenvalue weighted by Crippen LogP contribution is 1.99. The van der Waals surface area contributed by atoms with Gasteiger partial charge in [-0.25, -0.2) is 0 Å². The second-order valence-electron chi connectivity index (χ2n) is 2.50. The number of carboxylic acids is 1. The molecular formula is C7H13NO3S. The number of carboxylic acid groups (broad SMARTS) is 1. The molecule has 0 aromatic heterocycles. The summed E-state index contributed by atoms with van der Waals surface area (Å²) < 4.78 is 0. The molecule has 0 aliphatic heterocycles. The normalized spacial score (nSPS) is 12.5. The minimum absolute atomic E-state index is 0.0155. The molecule has 1 atom stereocenters. The van der Waals surface area contributed by atoms with Gasteiger partial charge in [-0.1, -0.05) is 0 Å². The van der Waals surface area contributed by atoms with Gasteiger partial charge in [0.25, 0.3) is 0 Å². The zero-order valence-corrected chi connectivity index (χ0v) is 7.59. The summed E-state index contributed by atoms with van der Waals surface area (Å²) in [5.74, 6) is -0.545. The standard InChI is InChI=1S/C7H13NO3S/c8-6(7(10)11)2-1-5(9)3-4-12/h6,12H,1-4,8H2,(H,10,11). The molecule has 4 nitrogen and oxygen atoms in total. The van der Waals surface area contributed by atoms with Crippen LogP contribution in [0, 0.1) is 0 Å². The van der Waals surface area contributed by atoms with Crippen molar-refractivity contribution in [3.63, 3.8) is 0 Å². The molecule has 0 fully saturated rings. The molecule has 0 amide bonds. The van der Waals surface area contributed by atoms with E-state index >= 15 is 0 Å². The van der Waals surface area contributed by atoms with Crippen molar-refractivity contribution >= 4 is 24.4 Å². The predicted molar refractivity (Wildman–Crippen MR) is 48.3 cm³/mol. The third-order valence-corrected chi connectivity index (χ3v) is 1.67. The maximum Gasteiger partial charge on any atom is 0.320 e. The summed E-state index contributed by atoms with van der Waals surface area (Å²) in [5.41, 5.74) is 5.19. The average molecular weight is 191 g/mol. The van der Waals surface area contributed by atoms with Crippen LogP contribution in [0.1, 0.15) is 19.3 Å². The minimum atomic E-state index is -1.06. The van der Waals surface area contributed by atoms with Gasteiger partial charge in [-0.2, -0.15) is 12.6 Å². The highest BCUT2D eigenvalue weighted by Gasteiger charge is 2.12. The fourth-order valence-corrected chi connectivity index (χ4v) is 0.939. The number of thiol groups is 1. The second-order valence-corrected chi connectivity index (χ2v) is 2.94. The fraction of sp³-hybridized carbons (Fsp3) is 0.714. The van der Waals surface area contributed by atoms with E-state index in [4.69, 9.17) is 10.8 Å². The predicted octanol–water partition coefficient (Wildman–Crippen LogP) is 0.0675. The van der Waals surface area contributed by atoms with Crippen LogP contribution in [0.15, 0.2) is 0 Å². The van der Waals surface area contributed by atoms with Crippen molar-refractivity contribution in [1.82, 2.24) is 0 Å². The van der Waals surface area contributed by atoms with Gasteiger partial charge in [0.05, 0.1) is 0 Å². The minimum Gasteiger partial charge on any atom is -0.480 e. The fourth-order valence-electron chi connectivity index (χ4n) is 0.690. The van der Waals surface area contributed by atoms with Crippen molar-refractivity contribution in [2.45, 2.75) is 25.3 Å². The molecular weight excluding hydrogens is 178 g/mol. The van der Waals surface area contributed by atoms with Gasteiger partial charge in [0.15, 0.2) is 0 Å². The van der Waals surface area contributed by atoms with Crippen LogP contribution >= 0.6 is 12.6 Å². The quantitative estimate of drug-likeness (QED) is 0.519. The number of Topliss-reactive ketones (excluding diaryl/α,β-unsaturated/α-hetero) is 1. The van der Waals surface area contributed by atoms with E-state index in [-0.39, 0.29) is 18.6 Å². The monoisotopic (exact) mass is 191 g/mol. The zero-order chi connectivity index (χ0) is 9.56. The van der Waals surface area contributed by atoms with Gasteiger partial charge in [0.1, 0.15) is 11.8 Å². The molecule has 70 valence electrons. The number of rotatable bonds is 6. The first-order valence-electron chi connectivity index (χ1n) is 3.69. The number of nitrogens with two attached hydrogens (primary N) is 1. The second kappa shape index (κ2) is 6.02. The third-order valence-electron chi connectivity index (χ3n) is 1.44. The lowest BCUT2D eigenvalue weighted by molar-refractivity contribution is -0.138. The van der Waals surface area contributed by atoms with Crippen LogP contribution in [0.2, 0.25) is 0 Å². The summed E-state index contributed by atoms with van der Waals surface area (Å²) in [6, 6.07) is -0.922. The van der Waals surface area contributed by atoms with Gasteiger partial charge in [0.2, 0.25) is 0 Å². The number of aliphatic carboxylic acids is 1. The molecule has 0 aliphatic rings. The zero-order valence-electron chi connectivity index (χ0n) is 6.69. The van der Waals surface area contributed by atoms with Gasteiger partial charge >= 0.3 is 5.97 Å². The third kappa shape index (κ3) is 5.15. The first kappa shape index (κ1) is 11.4. The van der Waals surface area contributed by atoms with Gasteiger partial charge in [0, 0.05) is 12.8 Å². The summed E-state index contributed by atoms with van der Waals surface area (Å²) in [6.07, 6.45) is 0.825. The van der Waals surface area contributed by atoms with E-state index in [1.54, 1.807) is 0 Å². The smallest absolute Gasteiger partial charge is 0.320 e. The molecule has 1 unspecified atom stereocenters. The molecule has 0 spiro atoms. The van der Waals surface area contributed by atoms with Crippen LogP contribution in [0.25, 0.3) is 0 Å². The van der Waals surface area contributed by atoms with Crippen molar-refractivity contribution in [2.75, 3.05) is 5.75 Å². The number of hydrogen-bond acceptors (Lipinski definition) is 4. The molecule has 5 heteroatoms. The number of hydrogen-bond donors (Lipinski definition) is 3. The van der Waals surface area contributed by atoms with Crippen molar-refractivity contribution in [3.8, 4) is 0 Å². The molecule has 12 heavy (non-hydrogen) atoms. The SMILES string of the molecule is NC(CCC(=O)CCS)C(=O)O. The number of ketones is 1.